The van der Waals surface area contributed by atoms with Crippen LogP contribution in [0.4, 0.5) is 0 Å². The molecule has 1 aliphatic rings. The molecular formula is C13H18N2O. The second-order valence-corrected chi connectivity index (χ2v) is 4.09. The molecule has 0 atom stereocenters. The first kappa shape index (κ1) is 11.1. The Morgan fingerprint density at radius 2 is 2.38 bits per heavy atom. The molecule has 3 heteroatoms. The van der Waals surface area contributed by atoms with Crippen LogP contribution in [-0.2, 0) is 11.3 Å². The number of pyridine rings is 1. The van der Waals surface area contributed by atoms with Gasteiger partial charge in [-0.05, 0) is 31.4 Å². The van der Waals surface area contributed by atoms with Crippen molar-refractivity contribution in [1.82, 2.24) is 10.3 Å². The number of rotatable bonds is 6. The molecule has 16 heavy (non-hydrogen) atoms. The van der Waals surface area contributed by atoms with Crippen molar-refractivity contribution >= 4 is 5.76 Å². The molecule has 3 nitrogen and oxygen atoms in total. The van der Waals surface area contributed by atoms with Gasteiger partial charge in [0.2, 0.25) is 0 Å². The summed E-state index contributed by atoms with van der Waals surface area (Å²) in [6.45, 7) is 7.36. The molecule has 1 heterocycles. The van der Waals surface area contributed by atoms with Gasteiger partial charge in [0.15, 0.2) is 0 Å². The number of nitrogens with zero attached hydrogens (tertiary/aromatic N) is 1. The Bertz CT molecular complexity index is 372. The number of ether oxygens (including phenoxy) is 1. The second kappa shape index (κ2) is 5.12. The molecule has 2 rings (SSSR count). The summed E-state index contributed by atoms with van der Waals surface area (Å²) in [7, 11) is 0. The monoisotopic (exact) mass is 218 g/mol. The smallest absolute Gasteiger partial charge is 0.120 e. The van der Waals surface area contributed by atoms with Crippen molar-refractivity contribution in [2.45, 2.75) is 32.4 Å². The fourth-order valence-electron chi connectivity index (χ4n) is 1.54. The summed E-state index contributed by atoms with van der Waals surface area (Å²) in [5.41, 5.74) is 2.15. The van der Waals surface area contributed by atoms with Crippen molar-refractivity contribution in [2.75, 3.05) is 6.61 Å². The SMILES string of the molecule is C=C(OCC)c1cncc(CNC2CC2)c1. The lowest BCUT2D eigenvalue weighted by Crippen LogP contribution is -2.15. The van der Waals surface area contributed by atoms with Gasteiger partial charge in [-0.25, -0.2) is 0 Å². The van der Waals surface area contributed by atoms with E-state index in [2.05, 4.69) is 22.9 Å². The van der Waals surface area contributed by atoms with Crippen molar-refractivity contribution in [1.29, 1.82) is 0 Å². The summed E-state index contributed by atoms with van der Waals surface area (Å²) in [6, 6.07) is 2.80. The molecule has 0 saturated heterocycles. The highest BCUT2D eigenvalue weighted by Gasteiger charge is 2.19. The van der Waals surface area contributed by atoms with Crippen LogP contribution in [0.15, 0.2) is 25.0 Å². The summed E-state index contributed by atoms with van der Waals surface area (Å²) in [5, 5.41) is 3.46. The summed E-state index contributed by atoms with van der Waals surface area (Å²) in [6.07, 6.45) is 6.29. The van der Waals surface area contributed by atoms with Gasteiger partial charge < -0.3 is 10.1 Å². The fourth-order valence-corrected chi connectivity index (χ4v) is 1.54. The zero-order valence-electron chi connectivity index (χ0n) is 9.70. The van der Waals surface area contributed by atoms with Crippen molar-refractivity contribution < 1.29 is 4.74 Å². The number of aromatic nitrogens is 1. The zero-order chi connectivity index (χ0) is 11.4. The Morgan fingerprint density at radius 1 is 1.56 bits per heavy atom. The lowest BCUT2D eigenvalue weighted by atomic mass is 10.2. The first-order valence-electron chi connectivity index (χ1n) is 5.79. The zero-order valence-corrected chi connectivity index (χ0v) is 9.70. The van der Waals surface area contributed by atoms with Crippen LogP contribution in [0.5, 0.6) is 0 Å². The van der Waals surface area contributed by atoms with Crippen LogP contribution in [0.1, 0.15) is 30.9 Å². The predicted octanol–water partition coefficient (Wildman–Crippen LogP) is 2.34. The Balaban J connectivity index is 1.97. The van der Waals surface area contributed by atoms with Gasteiger partial charge in [0, 0.05) is 30.5 Å². The first-order chi connectivity index (χ1) is 7.79. The van der Waals surface area contributed by atoms with E-state index in [1.54, 1.807) is 6.20 Å². The summed E-state index contributed by atoms with van der Waals surface area (Å²) in [4.78, 5) is 4.21. The molecule has 0 aromatic carbocycles. The van der Waals surface area contributed by atoms with Gasteiger partial charge in [-0.1, -0.05) is 6.58 Å². The van der Waals surface area contributed by atoms with Crippen molar-refractivity contribution in [3.05, 3.63) is 36.2 Å². The standard InChI is InChI=1S/C13H18N2O/c1-3-16-10(2)12-6-11(7-14-9-12)8-15-13-4-5-13/h6-7,9,13,15H,2-5,8H2,1H3. The molecule has 1 fully saturated rings. The lowest BCUT2D eigenvalue weighted by Gasteiger charge is -2.08. The van der Waals surface area contributed by atoms with Crippen LogP contribution in [0, 0.1) is 0 Å². The average molecular weight is 218 g/mol. The van der Waals surface area contributed by atoms with Crippen molar-refractivity contribution in [3.8, 4) is 0 Å². The number of hydrogen-bond donors (Lipinski definition) is 1. The largest absolute Gasteiger partial charge is 0.494 e. The summed E-state index contributed by atoms with van der Waals surface area (Å²) in [5.74, 6) is 0.697. The molecule has 1 N–H and O–H groups in total. The molecule has 1 aliphatic carbocycles. The summed E-state index contributed by atoms with van der Waals surface area (Å²) < 4.78 is 5.37. The van der Waals surface area contributed by atoms with Crippen LogP contribution >= 0.6 is 0 Å². The number of nitrogens with one attached hydrogen (secondary N) is 1. The van der Waals surface area contributed by atoms with Gasteiger partial charge in [-0.2, -0.15) is 0 Å². The van der Waals surface area contributed by atoms with E-state index in [1.807, 2.05) is 13.1 Å². The van der Waals surface area contributed by atoms with Crippen LogP contribution in [0.3, 0.4) is 0 Å². The topological polar surface area (TPSA) is 34.1 Å². The van der Waals surface area contributed by atoms with Crippen LogP contribution < -0.4 is 5.32 Å². The highest BCUT2D eigenvalue weighted by molar-refractivity contribution is 5.56. The highest BCUT2D eigenvalue weighted by Crippen LogP contribution is 2.20. The average Bonchev–Trinajstić information content (AvgIpc) is 3.11. The van der Waals surface area contributed by atoms with Gasteiger partial charge in [0.05, 0.1) is 6.61 Å². The number of hydrogen-bond acceptors (Lipinski definition) is 3. The molecule has 0 amide bonds. The maximum Gasteiger partial charge on any atom is 0.120 e. The molecule has 0 aliphatic heterocycles. The maximum atomic E-state index is 5.37. The Labute approximate surface area is 96.5 Å². The van der Waals surface area contributed by atoms with E-state index in [9.17, 15) is 0 Å². The van der Waals surface area contributed by atoms with E-state index in [-0.39, 0.29) is 0 Å². The van der Waals surface area contributed by atoms with Crippen LogP contribution in [-0.4, -0.2) is 17.6 Å². The minimum absolute atomic E-state index is 0.642. The van der Waals surface area contributed by atoms with E-state index in [1.165, 1.54) is 18.4 Å². The Hall–Kier alpha value is -1.35. The molecule has 1 aromatic heterocycles. The van der Waals surface area contributed by atoms with E-state index in [0.29, 0.717) is 12.4 Å². The lowest BCUT2D eigenvalue weighted by molar-refractivity contribution is 0.299. The third-order valence-electron chi connectivity index (χ3n) is 2.61. The predicted molar refractivity (Wildman–Crippen MR) is 64.8 cm³/mol. The molecule has 0 unspecified atom stereocenters. The minimum Gasteiger partial charge on any atom is -0.494 e. The van der Waals surface area contributed by atoms with Gasteiger partial charge >= 0.3 is 0 Å². The van der Waals surface area contributed by atoms with Gasteiger partial charge in [-0.3, -0.25) is 4.98 Å². The van der Waals surface area contributed by atoms with E-state index in [0.717, 1.165) is 18.2 Å². The van der Waals surface area contributed by atoms with E-state index in [4.69, 9.17) is 4.74 Å². The molecule has 0 bridgehead atoms. The Morgan fingerprint density at radius 3 is 3.06 bits per heavy atom. The first-order valence-corrected chi connectivity index (χ1v) is 5.79. The molecule has 86 valence electrons. The molecular weight excluding hydrogens is 200 g/mol. The normalized spacial score (nSPS) is 14.8. The third kappa shape index (κ3) is 3.07. The molecule has 0 radical (unpaired) electrons. The van der Waals surface area contributed by atoms with Gasteiger partial charge in [0.1, 0.15) is 5.76 Å². The van der Waals surface area contributed by atoms with Crippen molar-refractivity contribution in [2.24, 2.45) is 0 Å². The van der Waals surface area contributed by atoms with Gasteiger partial charge in [-0.15, -0.1) is 0 Å². The second-order valence-electron chi connectivity index (χ2n) is 4.09. The molecule has 1 aromatic rings. The van der Waals surface area contributed by atoms with E-state index >= 15 is 0 Å². The summed E-state index contributed by atoms with van der Waals surface area (Å²) >= 11 is 0. The molecule has 0 spiro atoms. The quantitative estimate of drug-likeness (QED) is 0.744. The minimum atomic E-state index is 0.642. The van der Waals surface area contributed by atoms with E-state index < -0.39 is 0 Å². The van der Waals surface area contributed by atoms with Crippen LogP contribution in [0.25, 0.3) is 5.76 Å². The molecule has 1 saturated carbocycles. The van der Waals surface area contributed by atoms with Crippen molar-refractivity contribution in [3.63, 3.8) is 0 Å². The maximum absolute atomic E-state index is 5.37. The third-order valence-corrected chi connectivity index (χ3v) is 2.61. The Kier molecular flexibility index (Phi) is 3.57. The fraction of sp³-hybridized carbons (Fsp3) is 0.462. The van der Waals surface area contributed by atoms with Gasteiger partial charge in [0.25, 0.3) is 0 Å². The highest BCUT2D eigenvalue weighted by atomic mass is 16.5. The van der Waals surface area contributed by atoms with Crippen LogP contribution in [0.2, 0.25) is 0 Å².